The number of hydrogen-bond donors (Lipinski definition) is 0. The molecule has 4 nitrogen and oxygen atoms in total. The van der Waals surface area contributed by atoms with Crippen LogP contribution in [-0.2, 0) is 9.59 Å². The Morgan fingerprint density at radius 2 is 1.67 bits per heavy atom. The molecule has 1 radical (unpaired) electrons. The third-order valence-corrected chi connectivity index (χ3v) is 3.42. The maximum absolute atomic E-state index is 12.0. The molecule has 83 valence electrons. The highest BCUT2D eigenvalue weighted by Crippen LogP contribution is 2.26. The van der Waals surface area contributed by atoms with Gasteiger partial charge in [-0.1, -0.05) is 12.8 Å². The van der Waals surface area contributed by atoms with E-state index in [1.807, 2.05) is 11.3 Å². The summed E-state index contributed by atoms with van der Waals surface area (Å²) in [5.41, 5.74) is 0. The van der Waals surface area contributed by atoms with Crippen LogP contribution in [0.5, 0.6) is 0 Å². The van der Waals surface area contributed by atoms with E-state index in [1.54, 1.807) is 4.90 Å². The van der Waals surface area contributed by atoms with Crippen LogP contribution in [0.2, 0.25) is 0 Å². The lowest BCUT2D eigenvalue weighted by Crippen LogP contribution is -2.49. The van der Waals surface area contributed by atoms with E-state index < -0.39 is 0 Å². The van der Waals surface area contributed by atoms with Crippen molar-refractivity contribution >= 4 is 12.3 Å². The molecule has 2 amide bonds. The molecule has 0 unspecified atom stereocenters. The summed E-state index contributed by atoms with van der Waals surface area (Å²) in [6.45, 7) is 2.65. The predicted octanol–water partition coefficient (Wildman–Crippen LogP) is 0.388. The maximum atomic E-state index is 12.0. The van der Waals surface area contributed by atoms with Crippen molar-refractivity contribution < 1.29 is 9.59 Å². The molecule has 0 spiro atoms. The molecule has 2 rings (SSSR count). The monoisotopic (exact) mass is 209 g/mol. The van der Waals surface area contributed by atoms with Crippen molar-refractivity contribution in [3.63, 3.8) is 0 Å². The summed E-state index contributed by atoms with van der Waals surface area (Å²) < 4.78 is 0. The Balaban J connectivity index is 1.84. The van der Waals surface area contributed by atoms with Gasteiger partial charge in [0.1, 0.15) is 0 Å². The molecule has 2 aliphatic rings. The van der Waals surface area contributed by atoms with Gasteiger partial charge in [0.05, 0.1) is 0 Å². The van der Waals surface area contributed by atoms with Crippen LogP contribution in [-0.4, -0.2) is 48.3 Å². The lowest BCUT2D eigenvalue weighted by atomic mass is 10.1. The molecule has 1 aliphatic carbocycles. The van der Waals surface area contributed by atoms with Gasteiger partial charge in [0, 0.05) is 32.1 Å². The Morgan fingerprint density at radius 1 is 1.07 bits per heavy atom. The zero-order chi connectivity index (χ0) is 10.7. The van der Waals surface area contributed by atoms with Crippen LogP contribution in [0.3, 0.4) is 0 Å². The number of amides is 2. The summed E-state index contributed by atoms with van der Waals surface area (Å²) in [6, 6.07) is 0. The summed E-state index contributed by atoms with van der Waals surface area (Å²) in [4.78, 5) is 25.9. The molecule has 1 saturated carbocycles. The summed E-state index contributed by atoms with van der Waals surface area (Å²) in [6.07, 6.45) is 6.37. The van der Waals surface area contributed by atoms with Crippen molar-refractivity contribution in [2.24, 2.45) is 5.92 Å². The van der Waals surface area contributed by atoms with Gasteiger partial charge in [-0.3, -0.25) is 9.59 Å². The third kappa shape index (κ3) is 2.30. The number of carbonyl (C=O) groups is 1. The minimum atomic E-state index is 0.261. The first-order valence-corrected chi connectivity index (χ1v) is 5.73. The van der Waals surface area contributed by atoms with E-state index in [0.717, 1.165) is 12.8 Å². The molecule has 1 saturated heterocycles. The molecule has 0 atom stereocenters. The van der Waals surface area contributed by atoms with E-state index >= 15 is 0 Å². The third-order valence-electron chi connectivity index (χ3n) is 3.42. The molecule has 0 aromatic carbocycles. The minimum Gasteiger partial charge on any atom is -0.339 e. The van der Waals surface area contributed by atoms with Crippen molar-refractivity contribution in [3.8, 4) is 0 Å². The summed E-state index contributed by atoms with van der Waals surface area (Å²) >= 11 is 0. The Labute approximate surface area is 90.2 Å². The van der Waals surface area contributed by atoms with Crippen LogP contribution in [0.4, 0.5) is 0 Å². The first-order valence-electron chi connectivity index (χ1n) is 5.73. The topological polar surface area (TPSA) is 40.6 Å². The molecule has 0 N–H and O–H groups in total. The lowest BCUT2D eigenvalue weighted by molar-refractivity contribution is -0.136. The Hall–Kier alpha value is -1.06. The van der Waals surface area contributed by atoms with E-state index in [0.29, 0.717) is 32.1 Å². The number of rotatable bonds is 2. The Bertz CT molecular complexity index is 241. The molecule has 1 aliphatic heterocycles. The van der Waals surface area contributed by atoms with Gasteiger partial charge in [-0.2, -0.15) is 0 Å². The van der Waals surface area contributed by atoms with Gasteiger partial charge in [-0.05, 0) is 12.8 Å². The summed E-state index contributed by atoms with van der Waals surface area (Å²) in [7, 11) is 0. The molecule has 4 heteroatoms. The molecule has 0 aromatic rings. The fraction of sp³-hybridized carbons (Fsp3) is 0.818. The highest BCUT2D eigenvalue weighted by atomic mass is 16.2. The van der Waals surface area contributed by atoms with Crippen LogP contribution < -0.4 is 0 Å². The zero-order valence-corrected chi connectivity index (χ0v) is 8.95. The smallest absolute Gasteiger partial charge is 0.312 e. The SMILES string of the molecule is O=[C]N1CCN(C(=O)C2CCCC2)CC1. The highest BCUT2D eigenvalue weighted by molar-refractivity contribution is 5.79. The van der Waals surface area contributed by atoms with Crippen molar-refractivity contribution in [1.29, 1.82) is 0 Å². The molecule has 1 heterocycles. The van der Waals surface area contributed by atoms with Crippen molar-refractivity contribution in [1.82, 2.24) is 9.80 Å². The van der Waals surface area contributed by atoms with Crippen LogP contribution in [0.25, 0.3) is 0 Å². The van der Waals surface area contributed by atoms with Gasteiger partial charge in [0.25, 0.3) is 0 Å². The second kappa shape index (κ2) is 4.64. The van der Waals surface area contributed by atoms with Crippen molar-refractivity contribution in [3.05, 3.63) is 0 Å². The van der Waals surface area contributed by atoms with Crippen molar-refractivity contribution in [2.45, 2.75) is 25.7 Å². The van der Waals surface area contributed by atoms with Gasteiger partial charge < -0.3 is 9.80 Å². The molecule has 0 aromatic heterocycles. The van der Waals surface area contributed by atoms with Gasteiger partial charge in [-0.15, -0.1) is 0 Å². The van der Waals surface area contributed by atoms with Gasteiger partial charge in [0.15, 0.2) is 0 Å². The second-order valence-electron chi connectivity index (χ2n) is 4.39. The summed E-state index contributed by atoms with van der Waals surface area (Å²) in [5.74, 6) is 0.565. The normalized spacial score (nSPS) is 23.2. The van der Waals surface area contributed by atoms with Gasteiger partial charge in [-0.25, -0.2) is 0 Å². The van der Waals surface area contributed by atoms with E-state index in [1.165, 1.54) is 12.8 Å². The van der Waals surface area contributed by atoms with Crippen LogP contribution in [0, 0.1) is 5.92 Å². The molecule has 2 fully saturated rings. The molecule has 15 heavy (non-hydrogen) atoms. The lowest BCUT2D eigenvalue weighted by Gasteiger charge is -2.33. The fourth-order valence-corrected chi connectivity index (χ4v) is 2.45. The highest BCUT2D eigenvalue weighted by Gasteiger charge is 2.29. The van der Waals surface area contributed by atoms with E-state index in [4.69, 9.17) is 0 Å². The Kier molecular flexibility index (Phi) is 3.23. The van der Waals surface area contributed by atoms with Gasteiger partial charge in [0.2, 0.25) is 5.91 Å². The number of carbonyl (C=O) groups excluding carboxylic acids is 2. The van der Waals surface area contributed by atoms with Crippen molar-refractivity contribution in [2.75, 3.05) is 26.2 Å². The van der Waals surface area contributed by atoms with Crippen LogP contribution in [0.15, 0.2) is 0 Å². The minimum absolute atomic E-state index is 0.261. The standard InChI is InChI=1S/C11H17N2O2/c14-9-12-5-7-13(8-6-12)11(15)10-3-1-2-4-10/h10H,1-8H2. The van der Waals surface area contributed by atoms with Gasteiger partial charge >= 0.3 is 6.41 Å². The maximum Gasteiger partial charge on any atom is 0.312 e. The van der Waals surface area contributed by atoms with Crippen LogP contribution >= 0.6 is 0 Å². The summed E-state index contributed by atoms with van der Waals surface area (Å²) in [5, 5.41) is 0. The quantitative estimate of drug-likeness (QED) is 0.660. The Morgan fingerprint density at radius 3 is 2.20 bits per heavy atom. The molecule has 0 bridgehead atoms. The van der Waals surface area contributed by atoms with Crippen LogP contribution in [0.1, 0.15) is 25.7 Å². The second-order valence-corrected chi connectivity index (χ2v) is 4.39. The number of piperazine rings is 1. The number of hydrogen-bond acceptors (Lipinski definition) is 2. The first-order chi connectivity index (χ1) is 7.31. The van der Waals surface area contributed by atoms with E-state index in [-0.39, 0.29) is 5.92 Å². The average Bonchev–Trinajstić information content (AvgIpc) is 2.82. The molecular formula is C11H17N2O2. The zero-order valence-electron chi connectivity index (χ0n) is 8.95. The largest absolute Gasteiger partial charge is 0.339 e. The van der Waals surface area contributed by atoms with E-state index in [9.17, 15) is 9.59 Å². The fourth-order valence-electron chi connectivity index (χ4n) is 2.45. The average molecular weight is 209 g/mol. The predicted molar refractivity (Wildman–Crippen MR) is 55.8 cm³/mol. The molecular weight excluding hydrogens is 192 g/mol. The van der Waals surface area contributed by atoms with E-state index in [2.05, 4.69) is 0 Å². The first kappa shape index (κ1) is 10.5. The number of nitrogens with zero attached hydrogens (tertiary/aromatic N) is 2.